The van der Waals surface area contributed by atoms with Gasteiger partial charge in [0.25, 0.3) is 0 Å². The molecule has 0 atom stereocenters. The fourth-order valence-corrected chi connectivity index (χ4v) is 2.53. The molecule has 0 fully saturated rings. The molecule has 3 rings (SSSR count). The Morgan fingerprint density at radius 2 is 2.12 bits per heavy atom. The molecule has 3 heterocycles. The van der Waals surface area contributed by atoms with Gasteiger partial charge in [0.05, 0.1) is 10.6 Å². The van der Waals surface area contributed by atoms with Crippen LogP contribution in [0.3, 0.4) is 0 Å². The molecule has 17 heavy (non-hydrogen) atoms. The zero-order valence-electron chi connectivity index (χ0n) is 9.31. The standard InChI is InChI=1S/C11H9ClN4S/c1-6-8-9(15-16(6)2)10(12)14-11(13-8)7-4-3-5-17-7/h3-5H,1-2H3. The van der Waals surface area contributed by atoms with Crippen molar-refractivity contribution in [3.05, 3.63) is 28.4 Å². The highest BCUT2D eigenvalue weighted by Crippen LogP contribution is 2.27. The topological polar surface area (TPSA) is 43.6 Å². The SMILES string of the molecule is Cc1c2nc(-c3cccs3)nc(Cl)c2nn1C. The van der Waals surface area contributed by atoms with E-state index >= 15 is 0 Å². The van der Waals surface area contributed by atoms with Crippen molar-refractivity contribution >= 4 is 34.0 Å². The summed E-state index contributed by atoms with van der Waals surface area (Å²) in [6, 6.07) is 3.95. The molecular formula is C11H9ClN4S. The molecule has 0 aromatic carbocycles. The van der Waals surface area contributed by atoms with Crippen LogP contribution in [-0.2, 0) is 7.05 Å². The summed E-state index contributed by atoms with van der Waals surface area (Å²) in [5.41, 5.74) is 2.46. The van der Waals surface area contributed by atoms with Gasteiger partial charge in [0.15, 0.2) is 11.0 Å². The third-order valence-electron chi connectivity index (χ3n) is 2.66. The van der Waals surface area contributed by atoms with E-state index in [4.69, 9.17) is 11.6 Å². The number of rotatable bonds is 1. The maximum atomic E-state index is 6.14. The molecule has 4 nitrogen and oxygen atoms in total. The first-order valence-electron chi connectivity index (χ1n) is 5.07. The Morgan fingerprint density at radius 1 is 1.29 bits per heavy atom. The number of aromatic nitrogens is 4. The molecule has 0 unspecified atom stereocenters. The molecular weight excluding hydrogens is 256 g/mol. The van der Waals surface area contributed by atoms with Crippen LogP contribution in [0.5, 0.6) is 0 Å². The lowest BCUT2D eigenvalue weighted by Gasteiger charge is -1.98. The average molecular weight is 265 g/mol. The highest BCUT2D eigenvalue weighted by atomic mass is 35.5. The van der Waals surface area contributed by atoms with Crippen LogP contribution in [0.4, 0.5) is 0 Å². The van der Waals surface area contributed by atoms with Crippen molar-refractivity contribution in [3.63, 3.8) is 0 Å². The van der Waals surface area contributed by atoms with Crippen LogP contribution < -0.4 is 0 Å². The molecule has 0 spiro atoms. The Kier molecular flexibility index (Phi) is 2.38. The highest BCUT2D eigenvalue weighted by molar-refractivity contribution is 7.13. The molecule has 3 aromatic rings. The van der Waals surface area contributed by atoms with Gasteiger partial charge in [-0.1, -0.05) is 17.7 Å². The molecule has 86 valence electrons. The maximum Gasteiger partial charge on any atom is 0.171 e. The Labute approximate surface area is 107 Å². The summed E-state index contributed by atoms with van der Waals surface area (Å²) in [7, 11) is 1.87. The van der Waals surface area contributed by atoms with Crippen molar-refractivity contribution < 1.29 is 0 Å². The van der Waals surface area contributed by atoms with Crippen LogP contribution in [0.1, 0.15) is 5.69 Å². The van der Waals surface area contributed by atoms with Gasteiger partial charge in [0, 0.05) is 7.05 Å². The van der Waals surface area contributed by atoms with E-state index in [1.165, 1.54) is 0 Å². The number of hydrogen-bond donors (Lipinski definition) is 0. The quantitative estimate of drug-likeness (QED) is 0.635. The Bertz CT molecular complexity index is 687. The second-order valence-electron chi connectivity index (χ2n) is 3.72. The molecule has 0 bridgehead atoms. The monoisotopic (exact) mass is 264 g/mol. The third-order valence-corrected chi connectivity index (χ3v) is 3.79. The number of halogens is 1. The van der Waals surface area contributed by atoms with E-state index in [2.05, 4.69) is 15.1 Å². The minimum Gasteiger partial charge on any atom is -0.270 e. The van der Waals surface area contributed by atoms with E-state index in [0.717, 1.165) is 16.1 Å². The van der Waals surface area contributed by atoms with E-state index < -0.39 is 0 Å². The van der Waals surface area contributed by atoms with Crippen molar-refractivity contribution in [2.45, 2.75) is 6.92 Å². The molecule has 0 saturated carbocycles. The summed E-state index contributed by atoms with van der Waals surface area (Å²) in [6.45, 7) is 1.97. The largest absolute Gasteiger partial charge is 0.270 e. The minimum atomic E-state index is 0.405. The molecule has 0 amide bonds. The van der Waals surface area contributed by atoms with Gasteiger partial charge in [0.2, 0.25) is 0 Å². The summed E-state index contributed by atoms with van der Waals surface area (Å²) in [5.74, 6) is 0.661. The highest BCUT2D eigenvalue weighted by Gasteiger charge is 2.14. The number of fused-ring (bicyclic) bond motifs is 1. The van der Waals surface area contributed by atoms with E-state index in [-0.39, 0.29) is 0 Å². The van der Waals surface area contributed by atoms with Gasteiger partial charge in [-0.3, -0.25) is 4.68 Å². The molecule has 0 aliphatic heterocycles. The first kappa shape index (κ1) is 10.7. The smallest absolute Gasteiger partial charge is 0.171 e. The molecule has 3 aromatic heterocycles. The molecule has 0 radical (unpaired) electrons. The van der Waals surface area contributed by atoms with Crippen molar-refractivity contribution in [1.82, 2.24) is 19.7 Å². The average Bonchev–Trinajstić information content (AvgIpc) is 2.91. The Balaban J connectivity index is 2.33. The van der Waals surface area contributed by atoms with Crippen molar-refractivity contribution in [3.8, 4) is 10.7 Å². The Hall–Kier alpha value is -1.46. The maximum absolute atomic E-state index is 6.14. The van der Waals surface area contributed by atoms with E-state index in [1.54, 1.807) is 16.0 Å². The van der Waals surface area contributed by atoms with Gasteiger partial charge >= 0.3 is 0 Å². The lowest BCUT2D eigenvalue weighted by Crippen LogP contribution is -1.91. The van der Waals surface area contributed by atoms with Crippen molar-refractivity contribution in [2.75, 3.05) is 0 Å². The normalized spacial score (nSPS) is 11.2. The predicted octanol–water partition coefficient (Wildman–Crippen LogP) is 3.05. The van der Waals surface area contributed by atoms with Crippen LogP contribution in [0.2, 0.25) is 5.15 Å². The first-order chi connectivity index (χ1) is 8.16. The number of aryl methyl sites for hydroxylation is 2. The van der Waals surface area contributed by atoms with Gasteiger partial charge in [-0.2, -0.15) is 5.10 Å². The summed E-state index contributed by atoms with van der Waals surface area (Å²) in [5, 5.41) is 6.70. The summed E-state index contributed by atoms with van der Waals surface area (Å²) in [6.07, 6.45) is 0. The number of thiophene rings is 1. The molecule has 0 aliphatic carbocycles. The minimum absolute atomic E-state index is 0.405. The van der Waals surface area contributed by atoms with Crippen LogP contribution in [0.25, 0.3) is 21.7 Å². The number of hydrogen-bond acceptors (Lipinski definition) is 4. The molecule has 0 saturated heterocycles. The van der Waals surface area contributed by atoms with E-state index in [9.17, 15) is 0 Å². The van der Waals surface area contributed by atoms with E-state index in [0.29, 0.717) is 16.5 Å². The van der Waals surface area contributed by atoms with Gasteiger partial charge < -0.3 is 0 Å². The van der Waals surface area contributed by atoms with Crippen LogP contribution in [0, 0.1) is 6.92 Å². The van der Waals surface area contributed by atoms with Crippen molar-refractivity contribution in [1.29, 1.82) is 0 Å². The van der Waals surface area contributed by atoms with E-state index in [1.807, 2.05) is 31.5 Å². The number of nitrogens with zero attached hydrogens (tertiary/aromatic N) is 4. The third kappa shape index (κ3) is 1.62. The fourth-order valence-electron chi connectivity index (χ4n) is 1.66. The van der Waals surface area contributed by atoms with Crippen LogP contribution in [-0.4, -0.2) is 19.7 Å². The van der Waals surface area contributed by atoms with Gasteiger partial charge in [0.1, 0.15) is 11.0 Å². The van der Waals surface area contributed by atoms with Crippen LogP contribution >= 0.6 is 22.9 Å². The summed E-state index contributed by atoms with van der Waals surface area (Å²) in [4.78, 5) is 9.83. The zero-order valence-corrected chi connectivity index (χ0v) is 10.9. The van der Waals surface area contributed by atoms with Gasteiger partial charge in [-0.15, -0.1) is 11.3 Å². The first-order valence-corrected chi connectivity index (χ1v) is 6.33. The van der Waals surface area contributed by atoms with Gasteiger partial charge in [-0.25, -0.2) is 9.97 Å². The van der Waals surface area contributed by atoms with Crippen molar-refractivity contribution in [2.24, 2.45) is 7.05 Å². The lowest BCUT2D eigenvalue weighted by molar-refractivity contribution is 0.750. The second-order valence-corrected chi connectivity index (χ2v) is 5.03. The second kappa shape index (κ2) is 3.78. The van der Waals surface area contributed by atoms with Gasteiger partial charge in [-0.05, 0) is 18.4 Å². The predicted molar refractivity (Wildman–Crippen MR) is 69.4 cm³/mol. The Morgan fingerprint density at radius 3 is 2.82 bits per heavy atom. The van der Waals surface area contributed by atoms with Crippen LogP contribution in [0.15, 0.2) is 17.5 Å². The summed E-state index contributed by atoms with van der Waals surface area (Å²) >= 11 is 7.74. The summed E-state index contributed by atoms with van der Waals surface area (Å²) < 4.78 is 1.77. The fraction of sp³-hybridized carbons (Fsp3) is 0.182. The molecule has 6 heteroatoms. The zero-order chi connectivity index (χ0) is 12.0. The molecule has 0 aliphatic rings. The molecule has 0 N–H and O–H groups in total. The lowest BCUT2D eigenvalue weighted by atomic mass is 10.3.